The van der Waals surface area contributed by atoms with Crippen molar-refractivity contribution in [3.05, 3.63) is 70.6 Å². The number of carbonyl (C=O) groups is 1. The van der Waals surface area contributed by atoms with E-state index in [1.165, 1.54) is 18.4 Å². The average molecular weight is 513 g/mol. The molecule has 0 N–H and O–H groups in total. The zero-order chi connectivity index (χ0) is 26.0. The minimum Gasteiger partial charge on any atom is -0.376 e. The third-order valence-corrected chi connectivity index (χ3v) is 8.92. The van der Waals surface area contributed by atoms with Gasteiger partial charge in [-0.1, -0.05) is 19.1 Å². The number of morpholine rings is 1. The Kier molecular flexibility index (Phi) is 5.67. The molecule has 1 amide bonds. The van der Waals surface area contributed by atoms with Crippen LogP contribution in [0.3, 0.4) is 0 Å². The highest BCUT2D eigenvalue weighted by molar-refractivity contribution is 6.10. The number of fused-ring (bicyclic) bond motifs is 1. The number of aryl methyl sites for hydroxylation is 1. The van der Waals surface area contributed by atoms with Gasteiger partial charge in [0.15, 0.2) is 0 Å². The third kappa shape index (κ3) is 3.96. The summed E-state index contributed by atoms with van der Waals surface area (Å²) in [7, 11) is 2.02. The van der Waals surface area contributed by atoms with E-state index >= 15 is 0 Å². The maximum atomic E-state index is 13.9. The maximum Gasteiger partial charge on any atom is 0.259 e. The summed E-state index contributed by atoms with van der Waals surface area (Å²) < 4.78 is 7.76. The Bertz CT molecular complexity index is 1390. The summed E-state index contributed by atoms with van der Waals surface area (Å²) in [6, 6.07) is 10.6. The number of amides is 1. The molecule has 198 valence electrons. The maximum absolute atomic E-state index is 13.9. The lowest BCUT2D eigenvalue weighted by Gasteiger charge is -2.46. The molecule has 2 saturated carbocycles. The Balaban J connectivity index is 1.21. The van der Waals surface area contributed by atoms with Crippen LogP contribution >= 0.6 is 0 Å². The van der Waals surface area contributed by atoms with Gasteiger partial charge in [-0.05, 0) is 62.3 Å². The normalized spacial score (nSPS) is 27.4. The molecular weight excluding hydrogens is 476 g/mol. The number of anilines is 1. The van der Waals surface area contributed by atoms with Crippen LogP contribution < -0.4 is 4.90 Å². The van der Waals surface area contributed by atoms with E-state index in [0.717, 1.165) is 73.1 Å². The second-order valence-corrected chi connectivity index (χ2v) is 12.0. The SMILES string of the molecule is CC1CC(c2cccc(N3Cc4c(cc(CN5CCOC(C)C5)nc4C4CC4)C3=O)c2)(c2nncn2C)C1. The minimum atomic E-state index is -0.153. The van der Waals surface area contributed by atoms with Crippen molar-refractivity contribution in [2.75, 3.05) is 24.6 Å². The van der Waals surface area contributed by atoms with Crippen molar-refractivity contribution in [2.24, 2.45) is 13.0 Å². The lowest BCUT2D eigenvalue weighted by atomic mass is 9.58. The van der Waals surface area contributed by atoms with Crippen LogP contribution in [0.4, 0.5) is 5.69 Å². The summed E-state index contributed by atoms with van der Waals surface area (Å²) >= 11 is 0. The van der Waals surface area contributed by atoms with Crippen molar-refractivity contribution < 1.29 is 9.53 Å². The van der Waals surface area contributed by atoms with Gasteiger partial charge in [0.05, 0.1) is 30.4 Å². The van der Waals surface area contributed by atoms with Gasteiger partial charge in [-0.2, -0.15) is 0 Å². The fourth-order valence-electron chi connectivity index (χ4n) is 6.99. The molecule has 1 atom stereocenters. The highest BCUT2D eigenvalue weighted by Crippen LogP contribution is 2.52. The first kappa shape index (κ1) is 24.0. The first-order chi connectivity index (χ1) is 18.4. The quantitative estimate of drug-likeness (QED) is 0.493. The van der Waals surface area contributed by atoms with Crippen molar-refractivity contribution >= 4 is 11.6 Å². The van der Waals surface area contributed by atoms with E-state index in [1.54, 1.807) is 6.33 Å². The molecule has 3 fully saturated rings. The fraction of sp³-hybridized carbons (Fsp3) is 0.533. The molecule has 0 radical (unpaired) electrons. The van der Waals surface area contributed by atoms with E-state index < -0.39 is 0 Å². The molecule has 4 heterocycles. The van der Waals surface area contributed by atoms with Gasteiger partial charge in [0.2, 0.25) is 0 Å². The lowest BCUT2D eigenvalue weighted by Crippen LogP contribution is -2.43. The molecule has 0 spiro atoms. The molecule has 2 aliphatic carbocycles. The fourth-order valence-corrected chi connectivity index (χ4v) is 6.99. The number of rotatable bonds is 6. The Morgan fingerprint density at radius 2 is 2.00 bits per heavy atom. The minimum absolute atomic E-state index is 0.0905. The largest absolute Gasteiger partial charge is 0.376 e. The number of hydrogen-bond donors (Lipinski definition) is 0. The Hall–Kier alpha value is -3.10. The smallest absolute Gasteiger partial charge is 0.259 e. The van der Waals surface area contributed by atoms with Crippen LogP contribution in [0.15, 0.2) is 36.7 Å². The first-order valence-corrected chi connectivity index (χ1v) is 14.0. The number of benzene rings is 1. The Labute approximate surface area is 224 Å². The molecular formula is C30H36N6O2. The van der Waals surface area contributed by atoms with Crippen LogP contribution in [0, 0.1) is 5.92 Å². The van der Waals surface area contributed by atoms with Gasteiger partial charge in [-0.25, -0.2) is 0 Å². The summed E-state index contributed by atoms with van der Waals surface area (Å²) in [5.41, 5.74) is 6.14. The molecule has 2 aliphatic heterocycles. The third-order valence-electron chi connectivity index (χ3n) is 8.92. The van der Waals surface area contributed by atoms with E-state index in [9.17, 15) is 4.79 Å². The monoisotopic (exact) mass is 512 g/mol. The van der Waals surface area contributed by atoms with Crippen LogP contribution in [0.25, 0.3) is 0 Å². The molecule has 3 aromatic rings. The van der Waals surface area contributed by atoms with Crippen molar-refractivity contribution in [1.82, 2.24) is 24.6 Å². The van der Waals surface area contributed by atoms with Crippen molar-refractivity contribution in [3.63, 3.8) is 0 Å². The molecule has 7 rings (SSSR count). The standard InChI is InChI=1S/C30H36N6O2/c1-19-13-30(14-19,29-33-31-18-34(29)3)22-5-4-6-24(11-22)36-17-26-25(28(36)37)12-23(32-27(26)21-7-8-21)16-35-9-10-38-20(2)15-35/h4-6,11-12,18-21H,7-10,13-17H2,1-3H3. The number of nitrogens with zero attached hydrogens (tertiary/aromatic N) is 6. The number of pyridine rings is 1. The topological polar surface area (TPSA) is 76.4 Å². The first-order valence-electron chi connectivity index (χ1n) is 14.0. The molecule has 2 aromatic heterocycles. The molecule has 4 aliphatic rings. The molecule has 0 bridgehead atoms. The van der Waals surface area contributed by atoms with Crippen LogP contribution in [-0.2, 0) is 30.3 Å². The lowest BCUT2D eigenvalue weighted by molar-refractivity contribution is -0.0216. The number of aromatic nitrogens is 4. The predicted molar refractivity (Wildman–Crippen MR) is 144 cm³/mol. The summed E-state index contributed by atoms with van der Waals surface area (Å²) in [5.74, 6) is 2.22. The second kappa shape index (κ2) is 8.99. The molecule has 1 aromatic carbocycles. The van der Waals surface area contributed by atoms with Gasteiger partial charge in [-0.15, -0.1) is 10.2 Å². The van der Waals surface area contributed by atoms with Gasteiger partial charge in [0.1, 0.15) is 12.2 Å². The van der Waals surface area contributed by atoms with Gasteiger partial charge in [0.25, 0.3) is 5.91 Å². The predicted octanol–water partition coefficient (Wildman–Crippen LogP) is 4.18. The van der Waals surface area contributed by atoms with Crippen LogP contribution in [0.5, 0.6) is 0 Å². The van der Waals surface area contributed by atoms with Gasteiger partial charge in [0, 0.05) is 55.1 Å². The van der Waals surface area contributed by atoms with Crippen LogP contribution in [0.1, 0.15) is 84.1 Å². The molecule has 8 nitrogen and oxygen atoms in total. The number of hydrogen-bond acceptors (Lipinski definition) is 6. The molecule has 1 unspecified atom stereocenters. The van der Waals surface area contributed by atoms with E-state index in [0.29, 0.717) is 18.4 Å². The summed E-state index contributed by atoms with van der Waals surface area (Å²) in [6.07, 6.45) is 6.42. The highest BCUT2D eigenvalue weighted by Gasteiger charge is 2.48. The average Bonchev–Trinajstić information content (AvgIpc) is 3.57. The Morgan fingerprint density at radius 1 is 1.16 bits per heavy atom. The highest BCUT2D eigenvalue weighted by atomic mass is 16.5. The molecule has 8 heteroatoms. The van der Waals surface area contributed by atoms with Crippen molar-refractivity contribution in [1.29, 1.82) is 0 Å². The van der Waals surface area contributed by atoms with Crippen LogP contribution in [-0.4, -0.2) is 56.4 Å². The summed E-state index contributed by atoms with van der Waals surface area (Å²) in [6.45, 7) is 8.32. The van der Waals surface area contributed by atoms with Gasteiger partial charge in [-0.3, -0.25) is 14.7 Å². The van der Waals surface area contributed by atoms with E-state index in [1.807, 2.05) is 16.5 Å². The summed E-state index contributed by atoms with van der Waals surface area (Å²) in [4.78, 5) is 23.4. The summed E-state index contributed by atoms with van der Waals surface area (Å²) in [5, 5.41) is 8.68. The van der Waals surface area contributed by atoms with Crippen molar-refractivity contribution in [3.8, 4) is 0 Å². The van der Waals surface area contributed by atoms with Crippen molar-refractivity contribution in [2.45, 2.75) is 70.1 Å². The van der Waals surface area contributed by atoms with Gasteiger partial charge < -0.3 is 14.2 Å². The van der Waals surface area contributed by atoms with Crippen LogP contribution in [0.2, 0.25) is 0 Å². The number of ether oxygens (including phenoxy) is 1. The zero-order valence-electron chi connectivity index (χ0n) is 22.6. The number of carbonyl (C=O) groups excluding carboxylic acids is 1. The second-order valence-electron chi connectivity index (χ2n) is 12.0. The van der Waals surface area contributed by atoms with Gasteiger partial charge >= 0.3 is 0 Å². The van der Waals surface area contributed by atoms with E-state index in [4.69, 9.17) is 9.72 Å². The van der Waals surface area contributed by atoms with E-state index in [-0.39, 0.29) is 17.4 Å². The zero-order valence-corrected chi connectivity index (χ0v) is 22.6. The molecule has 1 saturated heterocycles. The molecule has 38 heavy (non-hydrogen) atoms. The van der Waals surface area contributed by atoms with E-state index in [2.05, 4.69) is 59.3 Å². The Morgan fingerprint density at radius 3 is 2.71 bits per heavy atom.